The smallest absolute Gasteiger partial charge is 0.210 e. The summed E-state index contributed by atoms with van der Waals surface area (Å²) in [4.78, 5) is 4.26. The molecule has 17 heavy (non-hydrogen) atoms. The normalized spacial score (nSPS) is 11.8. The third-order valence-electron chi connectivity index (χ3n) is 2.17. The Morgan fingerprint density at radius 1 is 1.47 bits per heavy atom. The molecule has 1 rings (SSSR count). The van der Waals surface area contributed by atoms with Gasteiger partial charge in [-0.2, -0.15) is 0 Å². The second-order valence-electron chi connectivity index (χ2n) is 4.32. The molecule has 0 unspecified atom stereocenters. The summed E-state index contributed by atoms with van der Waals surface area (Å²) in [5.41, 5.74) is 3.82. The number of guanidine groups is 1. The molecule has 4 N–H and O–H groups in total. The van der Waals surface area contributed by atoms with Crippen LogP contribution in [0.25, 0.3) is 0 Å². The number of nitrogens with two attached hydrogens (primary N) is 1. The molecule has 0 heterocycles. The van der Waals surface area contributed by atoms with Crippen LogP contribution in [0.1, 0.15) is 19.4 Å². The summed E-state index contributed by atoms with van der Waals surface area (Å²) in [6, 6.07) is 4.76. The highest BCUT2D eigenvalue weighted by atomic mass is 19.1. The lowest BCUT2D eigenvalue weighted by Gasteiger charge is -2.10. The lowest BCUT2D eigenvalue weighted by Crippen LogP contribution is -2.36. The van der Waals surface area contributed by atoms with Crippen molar-refractivity contribution in [3.05, 3.63) is 29.6 Å². The SMILES string of the molecule is Cc1cc(NC(=NCC(C)C)NN)ccc1F. The van der Waals surface area contributed by atoms with Crippen LogP contribution in [-0.4, -0.2) is 12.5 Å². The first kappa shape index (κ1) is 13.4. The molecule has 0 bridgehead atoms. The minimum Gasteiger partial charge on any atom is -0.325 e. The second kappa shape index (κ2) is 6.20. The minimum absolute atomic E-state index is 0.225. The molecule has 5 heteroatoms. The van der Waals surface area contributed by atoms with Gasteiger partial charge in [0.05, 0.1) is 0 Å². The van der Waals surface area contributed by atoms with Gasteiger partial charge in [-0.05, 0) is 36.6 Å². The van der Waals surface area contributed by atoms with Crippen LogP contribution in [0.4, 0.5) is 10.1 Å². The number of hydrazine groups is 1. The average Bonchev–Trinajstić information content (AvgIpc) is 2.28. The van der Waals surface area contributed by atoms with Gasteiger partial charge in [-0.1, -0.05) is 13.8 Å². The molecule has 1 aromatic rings. The highest BCUT2D eigenvalue weighted by Gasteiger charge is 2.02. The van der Waals surface area contributed by atoms with Gasteiger partial charge in [-0.25, -0.2) is 10.2 Å². The predicted octanol–water partition coefficient (Wildman–Crippen LogP) is 2.02. The van der Waals surface area contributed by atoms with E-state index in [1.165, 1.54) is 6.07 Å². The molecule has 0 amide bonds. The molecule has 0 spiro atoms. The van der Waals surface area contributed by atoms with Gasteiger partial charge in [0.1, 0.15) is 5.82 Å². The summed E-state index contributed by atoms with van der Waals surface area (Å²) in [6.45, 7) is 6.52. The fourth-order valence-corrected chi connectivity index (χ4v) is 1.25. The van der Waals surface area contributed by atoms with Crippen LogP contribution in [0, 0.1) is 18.7 Å². The molecule has 0 aliphatic rings. The van der Waals surface area contributed by atoms with Crippen LogP contribution in [0.2, 0.25) is 0 Å². The topological polar surface area (TPSA) is 62.4 Å². The Labute approximate surface area is 101 Å². The summed E-state index contributed by atoms with van der Waals surface area (Å²) >= 11 is 0. The highest BCUT2D eigenvalue weighted by Crippen LogP contribution is 2.13. The first-order chi connectivity index (χ1) is 8.02. The van der Waals surface area contributed by atoms with E-state index in [0.29, 0.717) is 24.0 Å². The van der Waals surface area contributed by atoms with Crippen LogP contribution in [0.5, 0.6) is 0 Å². The largest absolute Gasteiger partial charge is 0.325 e. The van der Waals surface area contributed by atoms with Crippen molar-refractivity contribution in [2.75, 3.05) is 11.9 Å². The van der Waals surface area contributed by atoms with Crippen molar-refractivity contribution >= 4 is 11.6 Å². The van der Waals surface area contributed by atoms with Crippen LogP contribution >= 0.6 is 0 Å². The average molecular weight is 238 g/mol. The van der Waals surface area contributed by atoms with Crippen molar-refractivity contribution in [2.24, 2.45) is 16.8 Å². The van der Waals surface area contributed by atoms with Crippen molar-refractivity contribution < 1.29 is 4.39 Å². The molecule has 0 aliphatic heterocycles. The number of halogens is 1. The van der Waals surface area contributed by atoms with Crippen molar-refractivity contribution in [2.45, 2.75) is 20.8 Å². The molecule has 0 aliphatic carbocycles. The standard InChI is InChI=1S/C12H19FN4/c1-8(2)7-15-12(17-14)16-10-4-5-11(13)9(3)6-10/h4-6,8H,7,14H2,1-3H3,(H2,15,16,17). The zero-order valence-corrected chi connectivity index (χ0v) is 10.4. The Hall–Kier alpha value is -1.62. The maximum Gasteiger partial charge on any atom is 0.210 e. The highest BCUT2D eigenvalue weighted by molar-refractivity contribution is 5.93. The van der Waals surface area contributed by atoms with Gasteiger partial charge in [-0.15, -0.1) is 0 Å². The maximum absolute atomic E-state index is 13.1. The van der Waals surface area contributed by atoms with E-state index >= 15 is 0 Å². The monoisotopic (exact) mass is 238 g/mol. The molecular weight excluding hydrogens is 219 g/mol. The Bertz CT molecular complexity index is 401. The van der Waals surface area contributed by atoms with E-state index in [-0.39, 0.29) is 5.82 Å². The number of hydrogen-bond acceptors (Lipinski definition) is 2. The number of aliphatic imine (C=N–C) groups is 1. The zero-order chi connectivity index (χ0) is 12.8. The quantitative estimate of drug-likeness (QED) is 0.327. The fraction of sp³-hybridized carbons (Fsp3) is 0.417. The Balaban J connectivity index is 2.73. The Morgan fingerprint density at radius 2 is 2.18 bits per heavy atom. The van der Waals surface area contributed by atoms with Crippen LogP contribution in [0.3, 0.4) is 0 Å². The maximum atomic E-state index is 13.1. The zero-order valence-electron chi connectivity index (χ0n) is 10.4. The van der Waals surface area contributed by atoms with E-state index < -0.39 is 0 Å². The van der Waals surface area contributed by atoms with Crippen LogP contribution in [-0.2, 0) is 0 Å². The fourth-order valence-electron chi connectivity index (χ4n) is 1.25. The first-order valence-corrected chi connectivity index (χ1v) is 5.57. The minimum atomic E-state index is -0.225. The molecular formula is C12H19FN4. The van der Waals surface area contributed by atoms with Crippen molar-refractivity contribution in [1.82, 2.24) is 5.43 Å². The van der Waals surface area contributed by atoms with Crippen LogP contribution < -0.4 is 16.6 Å². The van der Waals surface area contributed by atoms with Crippen LogP contribution in [0.15, 0.2) is 23.2 Å². The van der Waals surface area contributed by atoms with Gasteiger partial charge in [0.15, 0.2) is 0 Å². The number of aryl methyl sites for hydroxylation is 1. The number of anilines is 1. The van der Waals surface area contributed by atoms with E-state index in [2.05, 4.69) is 29.6 Å². The number of nitrogens with zero attached hydrogens (tertiary/aromatic N) is 1. The molecule has 4 nitrogen and oxygen atoms in total. The molecule has 0 radical (unpaired) electrons. The van der Waals surface area contributed by atoms with Gasteiger partial charge in [-0.3, -0.25) is 10.4 Å². The van der Waals surface area contributed by atoms with E-state index in [4.69, 9.17) is 5.84 Å². The number of rotatable bonds is 3. The summed E-state index contributed by atoms with van der Waals surface area (Å²) in [7, 11) is 0. The van der Waals surface area contributed by atoms with Gasteiger partial charge in [0.25, 0.3) is 0 Å². The molecule has 94 valence electrons. The summed E-state index contributed by atoms with van der Waals surface area (Å²) in [5.74, 6) is 6.06. The lowest BCUT2D eigenvalue weighted by molar-refractivity contribution is 0.619. The number of hydrogen-bond donors (Lipinski definition) is 3. The van der Waals surface area contributed by atoms with E-state index in [9.17, 15) is 4.39 Å². The van der Waals surface area contributed by atoms with Gasteiger partial charge < -0.3 is 5.32 Å². The lowest BCUT2D eigenvalue weighted by atomic mass is 10.2. The van der Waals surface area contributed by atoms with E-state index in [1.807, 2.05) is 0 Å². The van der Waals surface area contributed by atoms with Crippen molar-refractivity contribution in [3.8, 4) is 0 Å². The number of nitrogens with one attached hydrogen (secondary N) is 2. The first-order valence-electron chi connectivity index (χ1n) is 5.57. The van der Waals surface area contributed by atoms with E-state index in [1.54, 1.807) is 19.1 Å². The summed E-state index contributed by atoms with van der Waals surface area (Å²) in [5, 5.41) is 3.00. The van der Waals surface area contributed by atoms with Gasteiger partial charge in [0, 0.05) is 12.2 Å². The Kier molecular flexibility index (Phi) is 4.90. The predicted molar refractivity (Wildman–Crippen MR) is 69.2 cm³/mol. The number of benzene rings is 1. The second-order valence-corrected chi connectivity index (χ2v) is 4.32. The molecule has 1 aromatic carbocycles. The van der Waals surface area contributed by atoms with Crippen molar-refractivity contribution in [1.29, 1.82) is 0 Å². The third-order valence-corrected chi connectivity index (χ3v) is 2.17. The molecule has 0 saturated carbocycles. The molecule has 0 atom stereocenters. The molecule has 0 saturated heterocycles. The Morgan fingerprint density at radius 3 is 2.71 bits per heavy atom. The van der Waals surface area contributed by atoms with E-state index in [0.717, 1.165) is 5.69 Å². The van der Waals surface area contributed by atoms with Gasteiger partial charge in [0.2, 0.25) is 5.96 Å². The molecule has 0 aromatic heterocycles. The van der Waals surface area contributed by atoms with Gasteiger partial charge >= 0.3 is 0 Å². The summed E-state index contributed by atoms with van der Waals surface area (Å²) in [6.07, 6.45) is 0. The van der Waals surface area contributed by atoms with Crippen molar-refractivity contribution in [3.63, 3.8) is 0 Å². The third kappa shape index (κ3) is 4.40. The molecule has 0 fully saturated rings. The summed E-state index contributed by atoms with van der Waals surface area (Å²) < 4.78 is 13.1.